The second-order valence-electron chi connectivity index (χ2n) is 10.0. The van der Waals surface area contributed by atoms with Gasteiger partial charge in [-0.15, -0.1) is 0 Å². The lowest BCUT2D eigenvalue weighted by Crippen LogP contribution is -2.45. The molecule has 2 aromatic carbocycles. The van der Waals surface area contributed by atoms with Gasteiger partial charge in [-0.25, -0.2) is 4.39 Å². The molecular weight excluding hydrogens is 501 g/mol. The number of nitrogens with zero attached hydrogens (tertiary/aromatic N) is 2. The van der Waals surface area contributed by atoms with Crippen LogP contribution >= 0.6 is 0 Å². The number of nitrogens with one attached hydrogen (secondary N) is 1. The number of hydrogen-bond donors (Lipinski definition) is 1. The number of halogens is 1. The van der Waals surface area contributed by atoms with Crippen LogP contribution in [0, 0.1) is 12.7 Å². The summed E-state index contributed by atoms with van der Waals surface area (Å²) in [5.41, 5.74) is 1.94. The number of anilines is 1. The highest BCUT2D eigenvalue weighted by molar-refractivity contribution is 6.08. The molecule has 0 unspecified atom stereocenters. The lowest BCUT2D eigenvalue weighted by molar-refractivity contribution is -0.123. The van der Waals surface area contributed by atoms with Gasteiger partial charge in [0.1, 0.15) is 17.6 Å². The Labute approximate surface area is 227 Å². The number of benzene rings is 2. The molecule has 2 fully saturated rings. The van der Waals surface area contributed by atoms with Crippen molar-refractivity contribution in [2.24, 2.45) is 0 Å². The minimum atomic E-state index is -1.06. The molecule has 2 aliphatic heterocycles. The van der Waals surface area contributed by atoms with E-state index in [1.165, 1.54) is 29.2 Å². The minimum Gasteiger partial charge on any atom is -0.455 e. The van der Waals surface area contributed by atoms with Crippen LogP contribution in [0.15, 0.2) is 65.1 Å². The number of carbonyl (C=O) groups excluding carboxylic acids is 2. The lowest BCUT2D eigenvalue weighted by atomic mass is 10.0. The smallest absolute Gasteiger partial charge is 0.294 e. The van der Waals surface area contributed by atoms with Gasteiger partial charge in [0.05, 0.1) is 25.9 Å². The molecule has 39 heavy (non-hydrogen) atoms. The summed E-state index contributed by atoms with van der Waals surface area (Å²) < 4.78 is 31.0. The number of carbonyl (C=O) groups is 2. The molecule has 3 heterocycles. The Hall–Kier alpha value is -3.53. The van der Waals surface area contributed by atoms with Crippen molar-refractivity contribution < 1.29 is 27.9 Å². The molecule has 0 spiro atoms. The van der Waals surface area contributed by atoms with E-state index in [-0.39, 0.29) is 17.8 Å². The summed E-state index contributed by atoms with van der Waals surface area (Å²) in [6, 6.07) is 15.4. The first-order chi connectivity index (χ1) is 19.0. The standard InChI is InChI=1S/C30H34FN3O5/c1-21-4-2-5-24(18-21)34(30(36)27-12-11-26(39-27)20-33-13-16-37-17-14-33)28(22-7-9-23(31)10-8-22)29(35)32-19-25-6-3-15-38-25/h2,4-5,7-12,18,25,28H,3,6,13-17,19-20H2,1H3,(H,32,35)/t25-,28+/m1/s1. The highest BCUT2D eigenvalue weighted by Gasteiger charge is 2.35. The molecule has 9 heteroatoms. The van der Waals surface area contributed by atoms with E-state index in [0.717, 1.165) is 31.5 Å². The summed E-state index contributed by atoms with van der Waals surface area (Å²) in [5.74, 6) is -0.489. The van der Waals surface area contributed by atoms with Gasteiger partial charge in [-0.05, 0) is 67.3 Å². The van der Waals surface area contributed by atoms with Gasteiger partial charge >= 0.3 is 0 Å². The van der Waals surface area contributed by atoms with Crippen molar-refractivity contribution in [2.75, 3.05) is 44.4 Å². The average molecular weight is 536 g/mol. The van der Waals surface area contributed by atoms with E-state index in [1.54, 1.807) is 18.2 Å². The van der Waals surface area contributed by atoms with Crippen molar-refractivity contribution in [3.8, 4) is 0 Å². The van der Waals surface area contributed by atoms with Crippen molar-refractivity contribution in [1.29, 1.82) is 0 Å². The fraction of sp³-hybridized carbons (Fsp3) is 0.400. The van der Waals surface area contributed by atoms with E-state index in [9.17, 15) is 14.0 Å². The molecule has 0 radical (unpaired) electrons. The molecule has 0 saturated carbocycles. The molecule has 2 atom stereocenters. The summed E-state index contributed by atoms with van der Waals surface area (Å²) in [6.45, 7) is 6.38. The predicted molar refractivity (Wildman–Crippen MR) is 144 cm³/mol. The molecule has 3 aromatic rings. The van der Waals surface area contributed by atoms with Crippen LogP contribution in [-0.4, -0.2) is 62.3 Å². The van der Waals surface area contributed by atoms with Gasteiger partial charge in [-0.1, -0.05) is 24.3 Å². The molecular formula is C30H34FN3O5. The Morgan fingerprint density at radius 3 is 2.59 bits per heavy atom. The van der Waals surface area contributed by atoms with Crippen molar-refractivity contribution in [2.45, 2.75) is 38.5 Å². The van der Waals surface area contributed by atoms with Crippen LogP contribution in [0.1, 0.15) is 46.3 Å². The number of amides is 2. The van der Waals surface area contributed by atoms with Crippen LogP contribution in [0.3, 0.4) is 0 Å². The Morgan fingerprint density at radius 2 is 1.87 bits per heavy atom. The quantitative estimate of drug-likeness (QED) is 0.441. The maximum absolute atomic E-state index is 14.1. The first kappa shape index (κ1) is 27.1. The van der Waals surface area contributed by atoms with Crippen LogP contribution in [0.5, 0.6) is 0 Å². The third kappa shape index (κ3) is 6.73. The van der Waals surface area contributed by atoms with Crippen molar-refractivity contribution in [3.63, 3.8) is 0 Å². The minimum absolute atomic E-state index is 0.0706. The summed E-state index contributed by atoms with van der Waals surface area (Å²) >= 11 is 0. The van der Waals surface area contributed by atoms with Crippen molar-refractivity contribution in [1.82, 2.24) is 10.2 Å². The van der Waals surface area contributed by atoms with Crippen molar-refractivity contribution in [3.05, 3.63) is 89.1 Å². The fourth-order valence-electron chi connectivity index (χ4n) is 5.02. The normalized spacial score (nSPS) is 18.6. The number of rotatable bonds is 9. The molecule has 1 N–H and O–H groups in total. The maximum atomic E-state index is 14.1. The zero-order chi connectivity index (χ0) is 27.2. The Kier molecular flexibility index (Phi) is 8.71. The average Bonchev–Trinajstić information content (AvgIpc) is 3.64. The predicted octanol–water partition coefficient (Wildman–Crippen LogP) is 4.24. The van der Waals surface area contributed by atoms with Crippen LogP contribution in [0.2, 0.25) is 0 Å². The van der Waals surface area contributed by atoms with E-state index < -0.39 is 17.8 Å². The van der Waals surface area contributed by atoms with Crippen LogP contribution < -0.4 is 10.2 Å². The number of hydrogen-bond acceptors (Lipinski definition) is 6. The second-order valence-corrected chi connectivity index (χ2v) is 10.0. The van der Waals surface area contributed by atoms with E-state index in [4.69, 9.17) is 13.9 Å². The number of furan rings is 1. The molecule has 0 aliphatic carbocycles. The van der Waals surface area contributed by atoms with Gasteiger partial charge < -0.3 is 19.2 Å². The molecule has 1 aromatic heterocycles. The Morgan fingerprint density at radius 1 is 1.08 bits per heavy atom. The van der Waals surface area contributed by atoms with Gasteiger partial charge in [0.2, 0.25) is 5.91 Å². The number of morpholine rings is 1. The summed E-state index contributed by atoms with van der Waals surface area (Å²) in [5, 5.41) is 2.97. The van der Waals surface area contributed by atoms with Crippen LogP contribution in [0.25, 0.3) is 0 Å². The van der Waals surface area contributed by atoms with E-state index in [2.05, 4.69) is 10.2 Å². The number of ether oxygens (including phenoxy) is 2. The second kappa shape index (κ2) is 12.5. The topological polar surface area (TPSA) is 84.2 Å². The van der Waals surface area contributed by atoms with Gasteiger partial charge in [0.25, 0.3) is 5.91 Å². The maximum Gasteiger partial charge on any atom is 0.294 e. The Balaban J connectivity index is 1.48. The summed E-state index contributed by atoms with van der Waals surface area (Å²) in [4.78, 5) is 31.5. The first-order valence-electron chi connectivity index (χ1n) is 13.4. The molecule has 206 valence electrons. The molecule has 0 bridgehead atoms. The van der Waals surface area contributed by atoms with Crippen LogP contribution in [0.4, 0.5) is 10.1 Å². The van der Waals surface area contributed by atoms with E-state index in [0.29, 0.717) is 49.9 Å². The van der Waals surface area contributed by atoms with Gasteiger partial charge in [0.15, 0.2) is 5.76 Å². The van der Waals surface area contributed by atoms with Gasteiger partial charge in [0, 0.05) is 31.9 Å². The molecule has 2 aliphatic rings. The molecule has 2 amide bonds. The molecule has 5 rings (SSSR count). The Bertz CT molecular complexity index is 1270. The molecule has 8 nitrogen and oxygen atoms in total. The third-order valence-electron chi connectivity index (χ3n) is 7.07. The number of aryl methyl sites for hydroxylation is 1. The lowest BCUT2D eigenvalue weighted by Gasteiger charge is -2.31. The van der Waals surface area contributed by atoms with Crippen LogP contribution in [-0.2, 0) is 20.8 Å². The highest BCUT2D eigenvalue weighted by Crippen LogP contribution is 2.31. The molecule has 2 saturated heterocycles. The zero-order valence-corrected chi connectivity index (χ0v) is 22.1. The van der Waals surface area contributed by atoms with Gasteiger partial charge in [-0.2, -0.15) is 0 Å². The highest BCUT2D eigenvalue weighted by atomic mass is 19.1. The first-order valence-corrected chi connectivity index (χ1v) is 13.4. The third-order valence-corrected chi connectivity index (χ3v) is 7.07. The largest absolute Gasteiger partial charge is 0.455 e. The van der Waals surface area contributed by atoms with E-state index >= 15 is 0 Å². The van der Waals surface area contributed by atoms with Gasteiger partial charge in [-0.3, -0.25) is 19.4 Å². The zero-order valence-electron chi connectivity index (χ0n) is 22.1. The van der Waals surface area contributed by atoms with Crippen molar-refractivity contribution >= 4 is 17.5 Å². The summed E-state index contributed by atoms with van der Waals surface area (Å²) in [7, 11) is 0. The van der Waals surface area contributed by atoms with E-state index in [1.807, 2.05) is 25.1 Å². The SMILES string of the molecule is Cc1cccc(N(C(=O)c2ccc(CN3CCOCC3)o2)[C@H](C(=O)NC[C@H]2CCCO2)c2ccc(F)cc2)c1. The monoisotopic (exact) mass is 535 g/mol. The fourth-order valence-corrected chi connectivity index (χ4v) is 5.02. The summed E-state index contributed by atoms with van der Waals surface area (Å²) in [6.07, 6.45) is 1.74.